The normalized spacial score (nSPS) is 16.5. The van der Waals surface area contributed by atoms with Crippen molar-refractivity contribution in [3.05, 3.63) is 60.0 Å². The van der Waals surface area contributed by atoms with Crippen molar-refractivity contribution in [2.75, 3.05) is 25.6 Å². The van der Waals surface area contributed by atoms with Crippen molar-refractivity contribution in [2.24, 2.45) is 0 Å². The number of aromatic nitrogens is 3. The fourth-order valence-corrected chi connectivity index (χ4v) is 4.16. The first-order valence-electron chi connectivity index (χ1n) is 12.3. The SMILES string of the molecule is CN(Cc1ccc(Nc2nccc(-c3ccc(OC4CCOCC4)c(C#N)c3)n2)cn1)C(=O)C1(O)CC1. The van der Waals surface area contributed by atoms with Gasteiger partial charge in [-0.2, -0.15) is 5.26 Å². The number of nitrogens with one attached hydrogen (secondary N) is 1. The Bertz CT molecular complexity index is 1310. The number of hydrogen-bond acceptors (Lipinski definition) is 9. The molecule has 0 spiro atoms. The fourth-order valence-electron chi connectivity index (χ4n) is 4.16. The number of carbonyl (C=O) groups excluding carboxylic acids is 1. The summed E-state index contributed by atoms with van der Waals surface area (Å²) in [5.74, 6) is 0.677. The number of pyridine rings is 1. The van der Waals surface area contributed by atoms with E-state index in [1.54, 1.807) is 31.6 Å². The average molecular weight is 501 g/mol. The van der Waals surface area contributed by atoms with Crippen LogP contribution in [0.5, 0.6) is 5.75 Å². The van der Waals surface area contributed by atoms with Crippen LogP contribution in [0.4, 0.5) is 11.6 Å². The Balaban J connectivity index is 1.24. The van der Waals surface area contributed by atoms with Crippen LogP contribution in [0.25, 0.3) is 11.3 Å². The highest BCUT2D eigenvalue weighted by Crippen LogP contribution is 2.36. The number of carbonyl (C=O) groups is 1. The van der Waals surface area contributed by atoms with Gasteiger partial charge in [0.1, 0.15) is 23.5 Å². The first kappa shape index (κ1) is 24.6. The Kier molecular flexibility index (Phi) is 6.99. The molecule has 190 valence electrons. The van der Waals surface area contributed by atoms with Gasteiger partial charge >= 0.3 is 0 Å². The van der Waals surface area contributed by atoms with Crippen molar-refractivity contribution in [3.63, 3.8) is 0 Å². The van der Waals surface area contributed by atoms with Gasteiger partial charge in [-0.05, 0) is 49.2 Å². The van der Waals surface area contributed by atoms with Crippen LogP contribution in [-0.4, -0.2) is 62.8 Å². The second-order valence-electron chi connectivity index (χ2n) is 9.37. The highest BCUT2D eigenvalue weighted by atomic mass is 16.5. The zero-order valence-corrected chi connectivity index (χ0v) is 20.6. The van der Waals surface area contributed by atoms with Gasteiger partial charge in [0.25, 0.3) is 5.91 Å². The molecule has 3 heterocycles. The quantitative estimate of drug-likeness (QED) is 0.478. The molecule has 2 aliphatic rings. The maximum absolute atomic E-state index is 12.2. The van der Waals surface area contributed by atoms with Gasteiger partial charge in [0, 0.05) is 31.6 Å². The summed E-state index contributed by atoms with van der Waals surface area (Å²) in [4.78, 5) is 27.0. The summed E-state index contributed by atoms with van der Waals surface area (Å²) in [6.07, 6.45) is 5.98. The average Bonchev–Trinajstić information content (AvgIpc) is 3.68. The van der Waals surface area contributed by atoms with Crippen molar-refractivity contribution in [3.8, 4) is 23.1 Å². The first-order valence-corrected chi connectivity index (χ1v) is 12.3. The second-order valence-corrected chi connectivity index (χ2v) is 9.37. The van der Waals surface area contributed by atoms with E-state index in [1.165, 1.54) is 4.90 Å². The molecule has 10 heteroatoms. The van der Waals surface area contributed by atoms with Crippen molar-refractivity contribution in [1.29, 1.82) is 5.26 Å². The van der Waals surface area contributed by atoms with Crippen LogP contribution in [0, 0.1) is 11.3 Å². The maximum atomic E-state index is 12.2. The van der Waals surface area contributed by atoms with Crippen LogP contribution < -0.4 is 10.1 Å². The van der Waals surface area contributed by atoms with Crippen LogP contribution >= 0.6 is 0 Å². The van der Waals surface area contributed by atoms with E-state index in [2.05, 4.69) is 26.3 Å². The lowest BCUT2D eigenvalue weighted by atomic mass is 10.1. The monoisotopic (exact) mass is 500 g/mol. The van der Waals surface area contributed by atoms with E-state index in [9.17, 15) is 15.2 Å². The summed E-state index contributed by atoms with van der Waals surface area (Å²) in [5.41, 5.74) is 2.09. The molecule has 3 aromatic rings. The van der Waals surface area contributed by atoms with Crippen LogP contribution in [0.1, 0.15) is 36.9 Å². The van der Waals surface area contributed by atoms with Gasteiger partial charge in [-0.15, -0.1) is 0 Å². The smallest absolute Gasteiger partial charge is 0.254 e. The Morgan fingerprint density at radius 2 is 2.05 bits per heavy atom. The van der Waals surface area contributed by atoms with Crippen LogP contribution in [0.3, 0.4) is 0 Å². The van der Waals surface area contributed by atoms with Gasteiger partial charge < -0.3 is 24.8 Å². The number of benzene rings is 1. The lowest BCUT2D eigenvalue weighted by Gasteiger charge is -2.23. The van der Waals surface area contributed by atoms with Crippen LogP contribution in [-0.2, 0) is 16.1 Å². The van der Waals surface area contributed by atoms with Crippen LogP contribution in [0.15, 0.2) is 48.8 Å². The first-order chi connectivity index (χ1) is 17.9. The van der Waals surface area contributed by atoms with Gasteiger partial charge in [0.2, 0.25) is 5.95 Å². The summed E-state index contributed by atoms with van der Waals surface area (Å²) in [6.45, 7) is 1.64. The standard InChI is InChI=1S/C27H28N6O4/c1-33(25(34)27(35)9-10-27)17-21-4-3-20(16-30-21)31-26-29-11-6-23(32-26)18-2-5-24(19(14-18)15-28)37-22-7-12-36-13-8-22/h2-6,11,14,16,22,35H,7-10,12-13,17H2,1H3,(H,29,31,32). The van der Waals surface area contributed by atoms with E-state index in [0.29, 0.717) is 66.9 Å². The topological polar surface area (TPSA) is 133 Å². The molecular weight excluding hydrogens is 472 g/mol. The molecule has 1 aliphatic carbocycles. The van der Waals surface area contributed by atoms with Gasteiger partial charge in [-0.3, -0.25) is 9.78 Å². The third kappa shape index (κ3) is 5.85. The summed E-state index contributed by atoms with van der Waals surface area (Å²) in [6, 6.07) is 13.1. The minimum Gasteiger partial charge on any atom is -0.489 e. The van der Waals surface area contributed by atoms with E-state index >= 15 is 0 Å². The molecule has 2 N–H and O–H groups in total. The Labute approximate surface area is 214 Å². The third-order valence-electron chi connectivity index (χ3n) is 6.46. The Morgan fingerprint density at radius 3 is 2.76 bits per heavy atom. The molecule has 0 atom stereocenters. The Morgan fingerprint density at radius 1 is 1.24 bits per heavy atom. The minimum atomic E-state index is -1.19. The third-order valence-corrected chi connectivity index (χ3v) is 6.46. The summed E-state index contributed by atoms with van der Waals surface area (Å²) < 4.78 is 11.4. The van der Waals surface area contributed by atoms with Crippen molar-refractivity contribution < 1.29 is 19.4 Å². The summed E-state index contributed by atoms with van der Waals surface area (Å²) >= 11 is 0. The molecule has 5 rings (SSSR count). The maximum Gasteiger partial charge on any atom is 0.254 e. The Hall–Kier alpha value is -4.07. The van der Waals surface area contributed by atoms with E-state index in [-0.39, 0.29) is 12.0 Å². The highest BCUT2D eigenvalue weighted by Gasteiger charge is 2.49. The van der Waals surface area contributed by atoms with E-state index in [1.807, 2.05) is 24.3 Å². The number of nitriles is 1. The van der Waals surface area contributed by atoms with Crippen molar-refractivity contribution >= 4 is 17.5 Å². The predicted molar refractivity (Wildman–Crippen MR) is 135 cm³/mol. The van der Waals surface area contributed by atoms with E-state index in [0.717, 1.165) is 18.4 Å². The number of hydrogen-bond donors (Lipinski definition) is 2. The fraction of sp³-hybridized carbons (Fsp3) is 0.370. The van der Waals surface area contributed by atoms with Crippen molar-refractivity contribution in [2.45, 2.75) is 43.9 Å². The number of amides is 1. The number of rotatable bonds is 8. The molecule has 1 saturated heterocycles. The molecule has 2 fully saturated rings. The molecule has 37 heavy (non-hydrogen) atoms. The molecule has 10 nitrogen and oxygen atoms in total. The molecule has 1 amide bonds. The largest absolute Gasteiger partial charge is 0.489 e. The lowest BCUT2D eigenvalue weighted by Crippen LogP contribution is -2.37. The van der Waals surface area contributed by atoms with Gasteiger partial charge in [-0.1, -0.05) is 0 Å². The lowest BCUT2D eigenvalue weighted by molar-refractivity contribution is -0.141. The highest BCUT2D eigenvalue weighted by molar-refractivity contribution is 5.87. The molecule has 0 radical (unpaired) electrons. The van der Waals surface area contributed by atoms with Crippen LogP contribution in [0.2, 0.25) is 0 Å². The van der Waals surface area contributed by atoms with Gasteiger partial charge in [0.15, 0.2) is 0 Å². The molecule has 1 aliphatic heterocycles. The number of anilines is 2. The number of ether oxygens (including phenoxy) is 2. The predicted octanol–water partition coefficient (Wildman–Crippen LogP) is 3.19. The molecule has 1 aromatic carbocycles. The van der Waals surface area contributed by atoms with Crippen molar-refractivity contribution in [1.82, 2.24) is 19.9 Å². The molecule has 1 saturated carbocycles. The molecule has 2 aromatic heterocycles. The summed E-state index contributed by atoms with van der Waals surface area (Å²) in [5, 5.41) is 22.8. The van der Waals surface area contributed by atoms with E-state index in [4.69, 9.17) is 9.47 Å². The molecule has 0 unspecified atom stereocenters. The number of aliphatic hydroxyl groups is 1. The zero-order chi connectivity index (χ0) is 25.8. The minimum absolute atomic E-state index is 0.0481. The number of likely N-dealkylation sites (N-methyl/N-ethyl adjacent to an activating group) is 1. The molecular formula is C27H28N6O4. The second kappa shape index (κ2) is 10.5. The zero-order valence-electron chi connectivity index (χ0n) is 20.6. The van der Waals surface area contributed by atoms with Gasteiger partial charge in [0.05, 0.1) is 48.6 Å². The molecule has 0 bridgehead atoms. The van der Waals surface area contributed by atoms with E-state index < -0.39 is 5.60 Å². The van der Waals surface area contributed by atoms with Gasteiger partial charge in [-0.25, -0.2) is 9.97 Å². The summed E-state index contributed by atoms with van der Waals surface area (Å²) in [7, 11) is 1.66. The number of nitrogens with zero attached hydrogens (tertiary/aromatic N) is 5.